The Bertz CT molecular complexity index is 1180. The number of para-hydroxylation sites is 2. The Morgan fingerprint density at radius 3 is 2.71 bits per heavy atom. The quantitative estimate of drug-likeness (QED) is 0.703. The molecule has 1 fully saturated rings. The van der Waals surface area contributed by atoms with Crippen molar-refractivity contribution in [2.45, 2.75) is 38.4 Å². The lowest BCUT2D eigenvalue weighted by Crippen LogP contribution is -2.63. The van der Waals surface area contributed by atoms with Gasteiger partial charge in [-0.2, -0.15) is 0 Å². The van der Waals surface area contributed by atoms with Crippen LogP contribution in [0.3, 0.4) is 0 Å². The number of nitrogens with zero attached hydrogens (tertiary/aromatic N) is 2. The van der Waals surface area contributed by atoms with Crippen molar-refractivity contribution in [2.75, 3.05) is 11.4 Å². The Labute approximate surface area is 179 Å². The molecule has 7 nitrogen and oxygen atoms in total. The number of nitrogens with one attached hydrogen (secondary N) is 1. The first-order valence-corrected chi connectivity index (χ1v) is 10.4. The standard InChI is InChI=1S/C24H23N3O4/c1-15(20-13-16-7-3-6-10-19(16)31-20)25-21(28)14-26-23(30)17-8-4-5-9-18(17)27-22(29)11-12-24(26,27)2/h3-10,13,15H,11-12,14H2,1-2H3,(H,25,28). The van der Waals surface area contributed by atoms with Gasteiger partial charge in [-0.05, 0) is 44.5 Å². The first-order valence-electron chi connectivity index (χ1n) is 10.4. The predicted octanol–water partition coefficient (Wildman–Crippen LogP) is 3.61. The smallest absolute Gasteiger partial charge is 0.258 e. The molecular formula is C24H23N3O4. The Kier molecular flexibility index (Phi) is 4.36. The van der Waals surface area contributed by atoms with Gasteiger partial charge in [0.1, 0.15) is 23.6 Å². The van der Waals surface area contributed by atoms with Gasteiger partial charge in [-0.1, -0.05) is 30.3 Å². The van der Waals surface area contributed by atoms with Gasteiger partial charge >= 0.3 is 0 Å². The van der Waals surface area contributed by atoms with E-state index < -0.39 is 5.66 Å². The number of carbonyl (C=O) groups is 3. The minimum Gasteiger partial charge on any atom is -0.459 e. The summed E-state index contributed by atoms with van der Waals surface area (Å²) in [5.41, 5.74) is 0.954. The Morgan fingerprint density at radius 2 is 1.90 bits per heavy atom. The van der Waals surface area contributed by atoms with Gasteiger partial charge in [-0.3, -0.25) is 19.3 Å². The van der Waals surface area contributed by atoms with E-state index in [-0.39, 0.29) is 30.3 Å². The van der Waals surface area contributed by atoms with Crippen LogP contribution in [0.4, 0.5) is 5.69 Å². The molecule has 0 radical (unpaired) electrons. The fraction of sp³-hybridized carbons (Fsp3) is 0.292. The van der Waals surface area contributed by atoms with Crippen LogP contribution >= 0.6 is 0 Å². The molecule has 1 saturated heterocycles. The predicted molar refractivity (Wildman–Crippen MR) is 115 cm³/mol. The monoisotopic (exact) mass is 417 g/mol. The van der Waals surface area contributed by atoms with Gasteiger partial charge < -0.3 is 14.6 Å². The summed E-state index contributed by atoms with van der Waals surface area (Å²) in [6.45, 7) is 3.55. The molecule has 2 aliphatic heterocycles. The molecule has 2 aliphatic rings. The summed E-state index contributed by atoms with van der Waals surface area (Å²) in [6.07, 6.45) is 0.823. The number of amides is 3. The summed E-state index contributed by atoms with van der Waals surface area (Å²) >= 11 is 0. The number of hydrogen-bond donors (Lipinski definition) is 1. The summed E-state index contributed by atoms with van der Waals surface area (Å²) in [5.74, 6) is 0.0639. The van der Waals surface area contributed by atoms with Crippen molar-refractivity contribution in [3.8, 4) is 0 Å². The van der Waals surface area contributed by atoms with E-state index in [1.165, 1.54) is 4.90 Å². The molecular weight excluding hydrogens is 394 g/mol. The number of rotatable bonds is 4. The van der Waals surface area contributed by atoms with Crippen molar-refractivity contribution in [1.29, 1.82) is 0 Å². The van der Waals surface area contributed by atoms with Crippen molar-refractivity contribution in [1.82, 2.24) is 10.2 Å². The molecule has 0 spiro atoms. The van der Waals surface area contributed by atoms with Gasteiger partial charge in [-0.25, -0.2) is 0 Å². The first kappa shape index (κ1) is 19.4. The summed E-state index contributed by atoms with van der Waals surface area (Å²) in [6, 6.07) is 16.3. The highest BCUT2D eigenvalue weighted by atomic mass is 16.3. The zero-order chi connectivity index (χ0) is 21.8. The highest BCUT2D eigenvalue weighted by molar-refractivity contribution is 6.11. The fourth-order valence-corrected chi connectivity index (χ4v) is 4.66. The van der Waals surface area contributed by atoms with E-state index in [9.17, 15) is 14.4 Å². The average molecular weight is 417 g/mol. The van der Waals surface area contributed by atoms with Crippen LogP contribution in [0.2, 0.25) is 0 Å². The average Bonchev–Trinajstić information content (AvgIpc) is 3.33. The Balaban J connectivity index is 1.39. The Hall–Kier alpha value is -3.61. The van der Waals surface area contributed by atoms with Crippen LogP contribution in [0.25, 0.3) is 11.0 Å². The molecule has 2 aromatic carbocycles. The van der Waals surface area contributed by atoms with Crippen molar-refractivity contribution >= 4 is 34.4 Å². The van der Waals surface area contributed by atoms with Crippen molar-refractivity contribution in [3.63, 3.8) is 0 Å². The molecule has 0 aliphatic carbocycles. The summed E-state index contributed by atoms with van der Waals surface area (Å²) in [5, 5.41) is 3.89. The number of furan rings is 1. The molecule has 3 heterocycles. The van der Waals surface area contributed by atoms with Crippen LogP contribution in [-0.2, 0) is 9.59 Å². The third-order valence-electron chi connectivity index (χ3n) is 6.30. The minimum atomic E-state index is -0.859. The molecule has 158 valence electrons. The lowest BCUT2D eigenvalue weighted by Gasteiger charge is -2.48. The van der Waals surface area contributed by atoms with E-state index in [1.807, 2.05) is 50.2 Å². The highest BCUT2D eigenvalue weighted by Gasteiger charge is 2.53. The fourth-order valence-electron chi connectivity index (χ4n) is 4.66. The molecule has 7 heteroatoms. The topological polar surface area (TPSA) is 82.9 Å². The SMILES string of the molecule is CC(NC(=O)CN1C(=O)c2ccccc2N2C(=O)CCC12C)c1cc2ccccc2o1. The number of benzene rings is 2. The van der Waals surface area contributed by atoms with Gasteiger partial charge in [0, 0.05) is 11.8 Å². The van der Waals surface area contributed by atoms with Gasteiger partial charge in [0.2, 0.25) is 11.8 Å². The molecule has 1 aromatic heterocycles. The zero-order valence-electron chi connectivity index (χ0n) is 17.4. The van der Waals surface area contributed by atoms with Gasteiger partial charge in [-0.15, -0.1) is 0 Å². The first-order chi connectivity index (χ1) is 14.9. The highest BCUT2D eigenvalue weighted by Crippen LogP contribution is 2.43. The van der Waals surface area contributed by atoms with Gasteiger partial charge in [0.05, 0.1) is 17.3 Å². The second-order valence-electron chi connectivity index (χ2n) is 8.33. The van der Waals surface area contributed by atoms with Crippen molar-refractivity contribution in [3.05, 3.63) is 65.9 Å². The minimum absolute atomic E-state index is 0.0384. The van der Waals surface area contributed by atoms with E-state index in [4.69, 9.17) is 4.42 Å². The lowest BCUT2D eigenvalue weighted by molar-refractivity contribution is -0.124. The van der Waals surface area contributed by atoms with E-state index >= 15 is 0 Å². The maximum Gasteiger partial charge on any atom is 0.258 e. The van der Waals surface area contributed by atoms with Crippen LogP contribution in [0.15, 0.2) is 59.0 Å². The molecule has 3 aromatic rings. The Morgan fingerprint density at radius 1 is 1.16 bits per heavy atom. The molecule has 3 amide bonds. The van der Waals surface area contributed by atoms with E-state index in [2.05, 4.69) is 5.32 Å². The molecule has 31 heavy (non-hydrogen) atoms. The largest absolute Gasteiger partial charge is 0.459 e. The molecule has 2 atom stereocenters. The third kappa shape index (κ3) is 3.00. The van der Waals surface area contributed by atoms with Crippen LogP contribution in [0, 0.1) is 0 Å². The molecule has 0 bridgehead atoms. The van der Waals surface area contributed by atoms with E-state index in [1.54, 1.807) is 23.1 Å². The zero-order valence-corrected chi connectivity index (χ0v) is 17.4. The number of anilines is 1. The lowest BCUT2D eigenvalue weighted by atomic mass is 9.98. The molecule has 1 N–H and O–H groups in total. The number of hydrogen-bond acceptors (Lipinski definition) is 4. The maximum atomic E-state index is 13.3. The van der Waals surface area contributed by atoms with Crippen molar-refractivity contribution in [2.24, 2.45) is 0 Å². The summed E-state index contributed by atoms with van der Waals surface area (Å²) < 4.78 is 5.84. The summed E-state index contributed by atoms with van der Waals surface area (Å²) in [7, 11) is 0. The molecule has 0 saturated carbocycles. The van der Waals surface area contributed by atoms with Crippen LogP contribution in [0.5, 0.6) is 0 Å². The summed E-state index contributed by atoms with van der Waals surface area (Å²) in [4.78, 5) is 42.0. The molecule has 5 rings (SSSR count). The second kappa shape index (κ2) is 6.97. The van der Waals surface area contributed by atoms with E-state index in [0.717, 1.165) is 11.0 Å². The normalized spacial score (nSPS) is 21.2. The number of carbonyl (C=O) groups excluding carboxylic acids is 3. The number of fused-ring (bicyclic) bond motifs is 4. The maximum absolute atomic E-state index is 13.3. The third-order valence-corrected chi connectivity index (χ3v) is 6.30. The van der Waals surface area contributed by atoms with Crippen LogP contribution in [0.1, 0.15) is 48.8 Å². The van der Waals surface area contributed by atoms with Gasteiger partial charge in [0.25, 0.3) is 5.91 Å². The van der Waals surface area contributed by atoms with Crippen LogP contribution < -0.4 is 10.2 Å². The van der Waals surface area contributed by atoms with Crippen molar-refractivity contribution < 1.29 is 18.8 Å². The van der Waals surface area contributed by atoms with Crippen LogP contribution in [-0.4, -0.2) is 34.8 Å². The molecule has 2 unspecified atom stereocenters. The van der Waals surface area contributed by atoms with E-state index in [0.29, 0.717) is 29.9 Å². The second-order valence-corrected chi connectivity index (χ2v) is 8.33. The van der Waals surface area contributed by atoms with Gasteiger partial charge in [0.15, 0.2) is 0 Å².